The molecule has 8 heteroatoms. The Morgan fingerprint density at radius 1 is 1.13 bits per heavy atom. The molecule has 2 saturated heterocycles. The van der Waals surface area contributed by atoms with Gasteiger partial charge in [-0.1, -0.05) is 18.2 Å². The van der Waals surface area contributed by atoms with Crippen molar-refractivity contribution in [2.75, 3.05) is 29.6 Å². The van der Waals surface area contributed by atoms with Gasteiger partial charge in [0.05, 0.1) is 18.6 Å². The van der Waals surface area contributed by atoms with Crippen molar-refractivity contribution in [2.24, 2.45) is 0 Å². The van der Waals surface area contributed by atoms with Gasteiger partial charge in [-0.3, -0.25) is 14.4 Å². The largest absolute Gasteiger partial charge is 0.444 e. The van der Waals surface area contributed by atoms with E-state index in [4.69, 9.17) is 4.74 Å². The van der Waals surface area contributed by atoms with Gasteiger partial charge in [0.15, 0.2) is 0 Å². The highest BCUT2D eigenvalue weighted by Crippen LogP contribution is 2.41. The minimum Gasteiger partial charge on any atom is -0.444 e. The second-order valence-electron chi connectivity index (χ2n) is 9.19. The predicted molar refractivity (Wildman–Crippen MR) is 119 cm³/mol. The molecule has 2 aromatic rings. The summed E-state index contributed by atoms with van der Waals surface area (Å²) in [5.74, 6) is 0.0656. The van der Waals surface area contributed by atoms with Gasteiger partial charge in [0, 0.05) is 31.5 Å². The van der Waals surface area contributed by atoms with Crippen LogP contribution in [0.2, 0.25) is 0 Å². The number of piperidine rings is 1. The van der Waals surface area contributed by atoms with E-state index in [0.717, 1.165) is 17.9 Å². The maximum Gasteiger partial charge on any atom is 0.410 e. The fourth-order valence-electron chi connectivity index (χ4n) is 4.38. The molecule has 2 aliphatic heterocycles. The monoisotopic (exact) mass is 425 g/mol. The number of hydrogen-bond acceptors (Lipinski definition) is 5. The van der Waals surface area contributed by atoms with Gasteiger partial charge in [0.2, 0.25) is 0 Å². The van der Waals surface area contributed by atoms with Gasteiger partial charge in [-0.15, -0.1) is 0 Å². The van der Waals surface area contributed by atoms with Gasteiger partial charge in [-0.05, 0) is 52.7 Å². The first-order valence-electron chi connectivity index (χ1n) is 10.9. The molecule has 0 atom stereocenters. The number of hydrogen-bond donors (Lipinski definition) is 0. The molecule has 4 rings (SSSR count). The van der Waals surface area contributed by atoms with Gasteiger partial charge in [-0.2, -0.15) is 5.10 Å². The molecule has 2 aliphatic rings. The van der Waals surface area contributed by atoms with Crippen LogP contribution in [0.3, 0.4) is 0 Å². The Balaban J connectivity index is 1.61. The smallest absolute Gasteiger partial charge is 0.410 e. The fraction of sp³-hybridized carbons (Fsp3) is 0.522. The lowest BCUT2D eigenvalue weighted by molar-refractivity contribution is -0.123. The lowest BCUT2D eigenvalue weighted by atomic mass is 9.85. The third-order valence-corrected chi connectivity index (χ3v) is 6.01. The summed E-state index contributed by atoms with van der Waals surface area (Å²) in [4.78, 5) is 32.1. The second-order valence-corrected chi connectivity index (χ2v) is 9.19. The van der Waals surface area contributed by atoms with Gasteiger partial charge < -0.3 is 14.5 Å². The molecule has 0 N–H and O–H groups in total. The van der Waals surface area contributed by atoms with Crippen molar-refractivity contribution < 1.29 is 14.3 Å². The van der Waals surface area contributed by atoms with Gasteiger partial charge >= 0.3 is 6.09 Å². The minimum absolute atomic E-state index is 0.0656. The predicted octanol–water partition coefficient (Wildman–Crippen LogP) is 3.48. The van der Waals surface area contributed by atoms with Crippen LogP contribution in [0.5, 0.6) is 0 Å². The number of aryl methyl sites for hydroxylation is 1. The summed E-state index contributed by atoms with van der Waals surface area (Å²) in [6.45, 7) is 9.78. The van der Waals surface area contributed by atoms with Crippen LogP contribution in [0.1, 0.15) is 40.5 Å². The third kappa shape index (κ3) is 3.98. The van der Waals surface area contributed by atoms with Crippen LogP contribution >= 0.6 is 0 Å². The van der Waals surface area contributed by atoms with E-state index in [9.17, 15) is 9.59 Å². The Hall–Kier alpha value is -3.03. The Morgan fingerprint density at radius 3 is 2.39 bits per heavy atom. The van der Waals surface area contributed by atoms with Crippen LogP contribution in [-0.4, -0.2) is 57.6 Å². The minimum atomic E-state index is -0.686. The Kier molecular flexibility index (Phi) is 5.41. The highest BCUT2D eigenvalue weighted by atomic mass is 16.6. The molecule has 0 radical (unpaired) electrons. The van der Waals surface area contributed by atoms with Crippen molar-refractivity contribution in [3.05, 3.63) is 42.7 Å². The highest BCUT2D eigenvalue weighted by Gasteiger charge is 2.55. The third-order valence-electron chi connectivity index (χ3n) is 6.01. The van der Waals surface area contributed by atoms with Crippen LogP contribution in [0, 0.1) is 0 Å². The lowest BCUT2D eigenvalue weighted by Gasteiger charge is -2.43. The van der Waals surface area contributed by atoms with E-state index >= 15 is 0 Å². The zero-order valence-corrected chi connectivity index (χ0v) is 18.7. The molecule has 2 fully saturated rings. The summed E-state index contributed by atoms with van der Waals surface area (Å²) in [5.41, 5.74) is 0.585. The molecule has 2 amide bonds. The number of carbonyl (C=O) groups excluding carboxylic acids is 2. The number of carbonyl (C=O) groups is 2. The van der Waals surface area contributed by atoms with E-state index in [-0.39, 0.29) is 12.0 Å². The maximum atomic E-state index is 13.8. The molecule has 166 valence electrons. The number of anilines is 2. The molecule has 31 heavy (non-hydrogen) atoms. The van der Waals surface area contributed by atoms with Crippen molar-refractivity contribution in [1.29, 1.82) is 0 Å². The molecule has 0 aliphatic carbocycles. The highest BCUT2D eigenvalue weighted by molar-refractivity contribution is 6.06. The molecule has 1 aromatic carbocycles. The summed E-state index contributed by atoms with van der Waals surface area (Å²) in [7, 11) is 0. The molecule has 0 saturated carbocycles. The summed E-state index contributed by atoms with van der Waals surface area (Å²) >= 11 is 0. The summed E-state index contributed by atoms with van der Waals surface area (Å²) in [6.07, 6.45) is 4.45. The molecule has 1 aromatic heterocycles. The van der Waals surface area contributed by atoms with E-state index in [0.29, 0.717) is 32.6 Å². The van der Waals surface area contributed by atoms with Crippen molar-refractivity contribution in [2.45, 2.75) is 58.2 Å². The summed E-state index contributed by atoms with van der Waals surface area (Å²) in [6, 6.07) is 10.0. The van der Waals surface area contributed by atoms with Gasteiger partial charge in [0.25, 0.3) is 5.91 Å². The number of ether oxygens (including phenoxy) is 1. The topological polar surface area (TPSA) is 70.9 Å². The number of likely N-dealkylation sites (tertiary alicyclic amines) is 1. The molecule has 3 heterocycles. The van der Waals surface area contributed by atoms with Crippen LogP contribution in [0.4, 0.5) is 16.2 Å². The Labute approximate surface area is 183 Å². The summed E-state index contributed by atoms with van der Waals surface area (Å²) < 4.78 is 7.36. The first-order chi connectivity index (χ1) is 14.7. The standard InChI is InChI=1S/C23H31N5O3/c1-5-26-16-19(15-24-26)27-17-28(18-9-7-6-8-10-18)23(20(27)29)11-13-25(14-12-23)21(30)31-22(2,3)4/h6-10,15-16H,5,11-14,17H2,1-4H3. The number of amides is 2. The normalized spacial score (nSPS) is 18.7. The van der Waals surface area contributed by atoms with Gasteiger partial charge in [-0.25, -0.2) is 4.79 Å². The Morgan fingerprint density at radius 2 is 1.81 bits per heavy atom. The maximum absolute atomic E-state index is 13.8. The molecular formula is C23H31N5O3. The van der Waals surface area contributed by atoms with E-state index in [1.54, 1.807) is 11.1 Å². The number of nitrogens with zero attached hydrogens (tertiary/aromatic N) is 5. The van der Waals surface area contributed by atoms with Crippen LogP contribution in [0.25, 0.3) is 0 Å². The average Bonchev–Trinajstić information content (AvgIpc) is 3.32. The quantitative estimate of drug-likeness (QED) is 0.753. The summed E-state index contributed by atoms with van der Waals surface area (Å²) in [5, 5.41) is 4.35. The van der Waals surface area contributed by atoms with Crippen molar-refractivity contribution in [1.82, 2.24) is 14.7 Å². The average molecular weight is 426 g/mol. The number of aromatic nitrogens is 2. The van der Waals surface area contributed by atoms with E-state index in [1.807, 2.05) is 73.8 Å². The first kappa shape index (κ1) is 21.2. The van der Waals surface area contributed by atoms with Gasteiger partial charge in [0.1, 0.15) is 11.1 Å². The van der Waals surface area contributed by atoms with Crippen LogP contribution in [-0.2, 0) is 16.1 Å². The van der Waals surface area contributed by atoms with Crippen LogP contribution in [0.15, 0.2) is 42.7 Å². The van der Waals surface area contributed by atoms with E-state index < -0.39 is 11.1 Å². The molecular weight excluding hydrogens is 394 g/mol. The molecule has 8 nitrogen and oxygen atoms in total. The second kappa shape index (κ2) is 7.90. The molecule has 0 bridgehead atoms. The number of para-hydroxylation sites is 1. The van der Waals surface area contributed by atoms with E-state index in [2.05, 4.69) is 10.00 Å². The van der Waals surface area contributed by atoms with E-state index in [1.165, 1.54) is 0 Å². The lowest BCUT2D eigenvalue weighted by Crippen LogP contribution is -2.57. The van der Waals surface area contributed by atoms with Crippen molar-refractivity contribution >= 4 is 23.4 Å². The van der Waals surface area contributed by atoms with Crippen molar-refractivity contribution in [3.63, 3.8) is 0 Å². The molecule has 1 spiro atoms. The van der Waals surface area contributed by atoms with Crippen LogP contribution < -0.4 is 9.80 Å². The number of benzene rings is 1. The SMILES string of the molecule is CCn1cc(N2CN(c3ccccc3)C3(CCN(C(=O)OC(C)(C)C)CC3)C2=O)cn1. The zero-order valence-electron chi connectivity index (χ0n) is 18.7. The number of rotatable bonds is 3. The Bertz CT molecular complexity index is 942. The zero-order chi connectivity index (χ0) is 22.2. The van der Waals surface area contributed by atoms with Crippen molar-refractivity contribution in [3.8, 4) is 0 Å². The fourth-order valence-corrected chi connectivity index (χ4v) is 4.38. The molecule has 0 unspecified atom stereocenters. The first-order valence-corrected chi connectivity index (χ1v) is 10.9.